The molecular formula is C15H24O2. The van der Waals surface area contributed by atoms with Crippen LogP contribution in [-0.2, 0) is 5.41 Å². The van der Waals surface area contributed by atoms with Crippen molar-refractivity contribution in [2.75, 3.05) is 13.7 Å². The Morgan fingerprint density at radius 2 is 1.88 bits per heavy atom. The average molecular weight is 236 g/mol. The summed E-state index contributed by atoms with van der Waals surface area (Å²) in [5.74, 6) is 1.80. The van der Waals surface area contributed by atoms with Crippen molar-refractivity contribution in [3.63, 3.8) is 0 Å². The topological polar surface area (TPSA) is 18.5 Å². The molecule has 1 rings (SSSR count). The Kier molecular flexibility index (Phi) is 4.86. The van der Waals surface area contributed by atoms with E-state index in [1.54, 1.807) is 7.11 Å². The first kappa shape index (κ1) is 13.9. The largest absolute Gasteiger partial charge is 0.497 e. The van der Waals surface area contributed by atoms with E-state index in [-0.39, 0.29) is 5.41 Å². The summed E-state index contributed by atoms with van der Waals surface area (Å²) in [6.07, 6.45) is 2.23. The number of ether oxygens (including phenoxy) is 2. The number of benzene rings is 1. The predicted octanol–water partition coefficient (Wildman–Crippen LogP) is 4.17. The fourth-order valence-electron chi connectivity index (χ4n) is 1.70. The fraction of sp³-hybridized carbons (Fsp3) is 0.600. The van der Waals surface area contributed by atoms with Crippen molar-refractivity contribution in [1.82, 2.24) is 0 Å². The van der Waals surface area contributed by atoms with E-state index in [1.807, 2.05) is 12.1 Å². The summed E-state index contributed by atoms with van der Waals surface area (Å²) in [5.41, 5.74) is 1.32. The van der Waals surface area contributed by atoms with E-state index in [4.69, 9.17) is 9.47 Å². The Balaban J connectivity index is 2.95. The smallest absolute Gasteiger partial charge is 0.126 e. The van der Waals surface area contributed by atoms with Gasteiger partial charge in [-0.05, 0) is 23.5 Å². The molecule has 0 fully saturated rings. The van der Waals surface area contributed by atoms with Crippen molar-refractivity contribution in [2.24, 2.45) is 0 Å². The highest BCUT2D eigenvalue weighted by Crippen LogP contribution is 2.34. The first-order chi connectivity index (χ1) is 7.99. The van der Waals surface area contributed by atoms with Crippen molar-refractivity contribution in [3.8, 4) is 11.5 Å². The average Bonchev–Trinajstić information content (AvgIpc) is 2.28. The number of methoxy groups -OCH3 is 1. The maximum absolute atomic E-state index is 5.87. The van der Waals surface area contributed by atoms with Crippen LogP contribution in [0, 0.1) is 0 Å². The molecule has 0 atom stereocenters. The quantitative estimate of drug-likeness (QED) is 0.714. The van der Waals surface area contributed by atoms with Gasteiger partial charge in [0.05, 0.1) is 13.7 Å². The minimum Gasteiger partial charge on any atom is -0.497 e. The second kappa shape index (κ2) is 5.95. The highest BCUT2D eigenvalue weighted by Gasteiger charge is 2.19. The maximum atomic E-state index is 5.87. The van der Waals surface area contributed by atoms with E-state index in [0.29, 0.717) is 0 Å². The monoisotopic (exact) mass is 236 g/mol. The van der Waals surface area contributed by atoms with Gasteiger partial charge in [0.2, 0.25) is 0 Å². The predicted molar refractivity (Wildman–Crippen MR) is 72.1 cm³/mol. The highest BCUT2D eigenvalue weighted by atomic mass is 16.5. The minimum atomic E-state index is 0.0911. The van der Waals surface area contributed by atoms with Gasteiger partial charge in [-0.1, -0.05) is 40.2 Å². The Morgan fingerprint density at radius 3 is 2.41 bits per heavy atom. The SMILES string of the molecule is CCCCOc1cc(OC)ccc1C(C)(C)C. The third kappa shape index (κ3) is 3.95. The molecule has 0 radical (unpaired) electrons. The molecule has 0 aliphatic rings. The van der Waals surface area contributed by atoms with Gasteiger partial charge < -0.3 is 9.47 Å². The molecule has 1 aromatic rings. The second-order valence-corrected chi connectivity index (χ2v) is 5.31. The summed E-state index contributed by atoms with van der Waals surface area (Å²) in [6.45, 7) is 9.52. The molecule has 0 heterocycles. The number of hydrogen-bond acceptors (Lipinski definition) is 2. The lowest BCUT2D eigenvalue weighted by atomic mass is 9.86. The molecule has 96 valence electrons. The lowest BCUT2D eigenvalue weighted by Gasteiger charge is -2.23. The Labute approximate surface area is 105 Å². The molecule has 0 spiro atoms. The van der Waals surface area contributed by atoms with Gasteiger partial charge >= 0.3 is 0 Å². The summed E-state index contributed by atoms with van der Waals surface area (Å²) >= 11 is 0. The summed E-state index contributed by atoms with van der Waals surface area (Å²) < 4.78 is 11.1. The summed E-state index contributed by atoms with van der Waals surface area (Å²) in [4.78, 5) is 0. The fourth-order valence-corrected chi connectivity index (χ4v) is 1.70. The lowest BCUT2D eigenvalue weighted by molar-refractivity contribution is 0.298. The van der Waals surface area contributed by atoms with Crippen LogP contribution in [0.2, 0.25) is 0 Å². The molecule has 17 heavy (non-hydrogen) atoms. The standard InChI is InChI=1S/C15H24O2/c1-6-7-10-17-14-11-12(16-5)8-9-13(14)15(2,3)4/h8-9,11H,6-7,10H2,1-5H3. The van der Waals surface area contributed by atoms with Crippen molar-refractivity contribution in [2.45, 2.75) is 46.0 Å². The number of unbranched alkanes of at least 4 members (excludes halogenated alkanes) is 1. The zero-order valence-corrected chi connectivity index (χ0v) is 11.7. The lowest BCUT2D eigenvalue weighted by Crippen LogP contribution is -2.14. The molecule has 2 nitrogen and oxygen atoms in total. The van der Waals surface area contributed by atoms with E-state index >= 15 is 0 Å². The highest BCUT2D eigenvalue weighted by molar-refractivity contribution is 5.44. The number of hydrogen-bond donors (Lipinski definition) is 0. The van der Waals surface area contributed by atoms with Crippen LogP contribution < -0.4 is 9.47 Å². The normalized spacial score (nSPS) is 11.4. The van der Waals surface area contributed by atoms with Gasteiger partial charge in [-0.3, -0.25) is 0 Å². The zero-order valence-electron chi connectivity index (χ0n) is 11.7. The zero-order chi connectivity index (χ0) is 12.9. The molecule has 0 aromatic heterocycles. The molecule has 0 amide bonds. The van der Waals surface area contributed by atoms with Crippen LogP contribution in [0.5, 0.6) is 11.5 Å². The summed E-state index contributed by atoms with van der Waals surface area (Å²) in [7, 11) is 1.68. The van der Waals surface area contributed by atoms with Gasteiger partial charge in [0.1, 0.15) is 11.5 Å². The number of rotatable bonds is 5. The van der Waals surface area contributed by atoms with Crippen LogP contribution in [0.4, 0.5) is 0 Å². The Bertz CT molecular complexity index is 350. The summed E-state index contributed by atoms with van der Waals surface area (Å²) in [6, 6.07) is 6.07. The molecule has 0 saturated carbocycles. The van der Waals surface area contributed by atoms with Crippen molar-refractivity contribution >= 4 is 0 Å². The molecular weight excluding hydrogens is 212 g/mol. The maximum Gasteiger partial charge on any atom is 0.126 e. The molecule has 0 aliphatic carbocycles. The van der Waals surface area contributed by atoms with E-state index in [0.717, 1.165) is 30.9 Å². The Morgan fingerprint density at radius 1 is 1.18 bits per heavy atom. The molecule has 2 heteroatoms. The van der Waals surface area contributed by atoms with E-state index < -0.39 is 0 Å². The van der Waals surface area contributed by atoms with Crippen LogP contribution in [0.15, 0.2) is 18.2 Å². The minimum absolute atomic E-state index is 0.0911. The van der Waals surface area contributed by atoms with Crippen LogP contribution in [0.1, 0.15) is 46.1 Å². The Hall–Kier alpha value is -1.18. The van der Waals surface area contributed by atoms with Crippen LogP contribution >= 0.6 is 0 Å². The van der Waals surface area contributed by atoms with Crippen LogP contribution in [-0.4, -0.2) is 13.7 Å². The summed E-state index contributed by atoms with van der Waals surface area (Å²) in [5, 5.41) is 0. The molecule has 0 aliphatic heterocycles. The third-order valence-electron chi connectivity index (χ3n) is 2.75. The van der Waals surface area contributed by atoms with Crippen molar-refractivity contribution in [3.05, 3.63) is 23.8 Å². The molecule has 0 N–H and O–H groups in total. The molecule has 0 bridgehead atoms. The van der Waals surface area contributed by atoms with Gasteiger partial charge in [0.25, 0.3) is 0 Å². The molecule has 0 unspecified atom stereocenters. The van der Waals surface area contributed by atoms with E-state index in [9.17, 15) is 0 Å². The van der Waals surface area contributed by atoms with Crippen LogP contribution in [0.25, 0.3) is 0 Å². The second-order valence-electron chi connectivity index (χ2n) is 5.31. The van der Waals surface area contributed by atoms with Gasteiger partial charge in [-0.2, -0.15) is 0 Å². The van der Waals surface area contributed by atoms with Gasteiger partial charge in [-0.15, -0.1) is 0 Å². The van der Waals surface area contributed by atoms with Gasteiger partial charge in [-0.25, -0.2) is 0 Å². The van der Waals surface area contributed by atoms with Gasteiger partial charge in [0, 0.05) is 6.07 Å². The molecule has 0 saturated heterocycles. The van der Waals surface area contributed by atoms with Crippen molar-refractivity contribution in [1.29, 1.82) is 0 Å². The van der Waals surface area contributed by atoms with Crippen LogP contribution in [0.3, 0.4) is 0 Å². The first-order valence-electron chi connectivity index (χ1n) is 6.30. The van der Waals surface area contributed by atoms with Crippen molar-refractivity contribution < 1.29 is 9.47 Å². The third-order valence-corrected chi connectivity index (χ3v) is 2.75. The van der Waals surface area contributed by atoms with E-state index in [1.165, 1.54) is 5.56 Å². The first-order valence-corrected chi connectivity index (χ1v) is 6.30. The van der Waals surface area contributed by atoms with Gasteiger partial charge in [0.15, 0.2) is 0 Å². The molecule has 1 aromatic carbocycles. The van der Waals surface area contributed by atoms with E-state index in [2.05, 4.69) is 33.8 Å².